The number of nitrogens with one attached hydrogen (secondary N) is 1. The highest BCUT2D eigenvalue weighted by Crippen LogP contribution is 2.25. The molecule has 28 heavy (non-hydrogen) atoms. The molecule has 0 aliphatic rings. The van der Waals surface area contributed by atoms with Crippen molar-refractivity contribution in [1.82, 2.24) is 10.3 Å². The molecule has 0 atom stereocenters. The number of carbonyl (C=O) groups is 1. The summed E-state index contributed by atoms with van der Waals surface area (Å²) in [5.74, 6) is -1.29. The molecule has 0 saturated heterocycles. The number of hydrogen-bond donors (Lipinski definition) is 1. The summed E-state index contributed by atoms with van der Waals surface area (Å²) in [7, 11) is -4.13. The number of anilines is 1. The van der Waals surface area contributed by atoms with Crippen molar-refractivity contribution in [2.24, 2.45) is 0 Å². The van der Waals surface area contributed by atoms with Gasteiger partial charge in [-0.15, -0.1) is 0 Å². The fourth-order valence-corrected chi connectivity index (χ4v) is 4.01. The number of sulfonamides is 1. The highest BCUT2D eigenvalue weighted by atomic mass is 32.2. The molecule has 0 fully saturated rings. The molecule has 3 aromatic rings. The van der Waals surface area contributed by atoms with Crippen LogP contribution in [0.2, 0.25) is 0 Å². The first-order valence-electron chi connectivity index (χ1n) is 8.46. The quantitative estimate of drug-likeness (QED) is 0.663. The standard InChI is InChI=1S/C20H18FN3O3S/c21-18-8-4-5-9-19(18)24(28(26,27)17-6-2-1-3-7-17)15-20(25)23-14-16-10-12-22-13-11-16/h1-13H,14-15H2,(H,23,25). The number of amides is 1. The van der Waals surface area contributed by atoms with Gasteiger partial charge in [-0.2, -0.15) is 0 Å². The van der Waals surface area contributed by atoms with E-state index in [1.807, 2.05) is 0 Å². The van der Waals surface area contributed by atoms with Crippen molar-refractivity contribution in [2.45, 2.75) is 11.4 Å². The predicted molar refractivity (Wildman–Crippen MR) is 103 cm³/mol. The van der Waals surface area contributed by atoms with Crippen molar-refractivity contribution in [3.63, 3.8) is 0 Å². The third-order valence-corrected chi connectivity index (χ3v) is 5.75. The molecule has 0 bridgehead atoms. The van der Waals surface area contributed by atoms with Gasteiger partial charge in [0.05, 0.1) is 10.6 Å². The first-order chi connectivity index (χ1) is 13.5. The summed E-state index contributed by atoms with van der Waals surface area (Å²) in [4.78, 5) is 16.3. The normalized spacial score (nSPS) is 11.0. The lowest BCUT2D eigenvalue weighted by Crippen LogP contribution is -2.41. The van der Waals surface area contributed by atoms with Crippen molar-refractivity contribution < 1.29 is 17.6 Å². The number of hydrogen-bond acceptors (Lipinski definition) is 4. The average molecular weight is 399 g/mol. The Bertz CT molecular complexity index is 1040. The number of para-hydroxylation sites is 1. The molecule has 0 saturated carbocycles. The maximum Gasteiger partial charge on any atom is 0.264 e. The van der Waals surface area contributed by atoms with Crippen LogP contribution in [0.4, 0.5) is 10.1 Å². The number of aromatic nitrogens is 1. The van der Waals surface area contributed by atoms with Crippen LogP contribution >= 0.6 is 0 Å². The van der Waals surface area contributed by atoms with Gasteiger partial charge in [0.25, 0.3) is 10.0 Å². The summed E-state index contributed by atoms with van der Waals surface area (Å²) < 4.78 is 41.3. The number of pyridine rings is 1. The van der Waals surface area contributed by atoms with E-state index in [2.05, 4.69) is 10.3 Å². The van der Waals surface area contributed by atoms with E-state index in [1.54, 1.807) is 42.7 Å². The second-order valence-corrected chi connectivity index (χ2v) is 7.77. The van der Waals surface area contributed by atoms with Gasteiger partial charge in [-0.3, -0.25) is 14.1 Å². The summed E-state index contributed by atoms with van der Waals surface area (Å²) in [5, 5.41) is 2.65. The van der Waals surface area contributed by atoms with Crippen LogP contribution in [0.15, 0.2) is 84.0 Å². The fourth-order valence-electron chi connectivity index (χ4n) is 2.56. The van der Waals surface area contributed by atoms with Gasteiger partial charge in [-0.25, -0.2) is 12.8 Å². The molecular formula is C20H18FN3O3S. The third kappa shape index (κ3) is 4.52. The lowest BCUT2D eigenvalue weighted by molar-refractivity contribution is -0.119. The summed E-state index contributed by atoms with van der Waals surface area (Å²) in [6.07, 6.45) is 3.18. The molecule has 6 nitrogen and oxygen atoms in total. The second kappa shape index (κ2) is 8.62. The Hall–Kier alpha value is -3.26. The van der Waals surface area contributed by atoms with E-state index in [0.717, 1.165) is 15.9 Å². The van der Waals surface area contributed by atoms with E-state index in [4.69, 9.17) is 0 Å². The van der Waals surface area contributed by atoms with Crippen LogP contribution in [0.5, 0.6) is 0 Å². The Morgan fingerprint density at radius 3 is 2.29 bits per heavy atom. The zero-order chi connectivity index (χ0) is 20.0. The predicted octanol–water partition coefficient (Wildman–Crippen LogP) is 2.73. The number of rotatable bonds is 7. The minimum atomic E-state index is -4.13. The maximum absolute atomic E-state index is 14.3. The van der Waals surface area contributed by atoms with Gasteiger partial charge < -0.3 is 5.32 Å². The van der Waals surface area contributed by atoms with Crippen LogP contribution in [0, 0.1) is 5.82 Å². The minimum Gasteiger partial charge on any atom is -0.350 e. The summed E-state index contributed by atoms with van der Waals surface area (Å²) in [6, 6.07) is 16.5. The molecule has 1 aromatic heterocycles. The van der Waals surface area contributed by atoms with Crippen LogP contribution in [0.3, 0.4) is 0 Å². The Kier molecular flexibility index (Phi) is 6.00. The van der Waals surface area contributed by atoms with Gasteiger partial charge >= 0.3 is 0 Å². The van der Waals surface area contributed by atoms with Gasteiger partial charge in [0.15, 0.2) is 0 Å². The Labute approximate surface area is 162 Å². The van der Waals surface area contributed by atoms with E-state index in [9.17, 15) is 17.6 Å². The highest BCUT2D eigenvalue weighted by Gasteiger charge is 2.28. The molecule has 8 heteroatoms. The maximum atomic E-state index is 14.3. The lowest BCUT2D eigenvalue weighted by atomic mass is 10.2. The molecule has 2 aromatic carbocycles. The molecule has 1 amide bonds. The Morgan fingerprint density at radius 2 is 1.61 bits per heavy atom. The zero-order valence-electron chi connectivity index (χ0n) is 14.8. The second-order valence-electron chi connectivity index (χ2n) is 5.91. The van der Waals surface area contributed by atoms with Crippen LogP contribution < -0.4 is 9.62 Å². The topological polar surface area (TPSA) is 79.4 Å². The van der Waals surface area contributed by atoms with E-state index in [1.165, 1.54) is 30.3 Å². The molecular weight excluding hydrogens is 381 g/mol. The van der Waals surface area contributed by atoms with Gasteiger partial charge in [-0.05, 0) is 42.0 Å². The smallest absolute Gasteiger partial charge is 0.264 e. The number of halogens is 1. The molecule has 0 unspecified atom stereocenters. The summed E-state index contributed by atoms with van der Waals surface area (Å²) >= 11 is 0. The number of carbonyl (C=O) groups excluding carboxylic acids is 1. The number of benzene rings is 2. The molecule has 0 aliphatic heterocycles. The molecule has 3 rings (SSSR count). The van der Waals surface area contributed by atoms with E-state index in [-0.39, 0.29) is 17.1 Å². The van der Waals surface area contributed by atoms with Crippen molar-refractivity contribution in [1.29, 1.82) is 0 Å². The highest BCUT2D eigenvalue weighted by molar-refractivity contribution is 7.92. The van der Waals surface area contributed by atoms with Gasteiger partial charge in [-0.1, -0.05) is 30.3 Å². The molecule has 0 radical (unpaired) electrons. The lowest BCUT2D eigenvalue weighted by Gasteiger charge is -2.24. The van der Waals surface area contributed by atoms with Crippen LogP contribution in [-0.4, -0.2) is 25.9 Å². The molecule has 0 aliphatic carbocycles. The summed E-state index contributed by atoms with van der Waals surface area (Å²) in [6.45, 7) is -0.346. The average Bonchev–Trinajstić information content (AvgIpc) is 2.72. The molecule has 144 valence electrons. The minimum absolute atomic E-state index is 0.0276. The Morgan fingerprint density at radius 1 is 0.964 bits per heavy atom. The van der Waals surface area contributed by atoms with Crippen molar-refractivity contribution in [3.05, 3.63) is 90.5 Å². The van der Waals surface area contributed by atoms with Crippen molar-refractivity contribution >= 4 is 21.6 Å². The first kappa shape index (κ1) is 19.5. The van der Waals surface area contributed by atoms with E-state index < -0.39 is 28.3 Å². The van der Waals surface area contributed by atoms with Crippen LogP contribution in [0.25, 0.3) is 0 Å². The fraction of sp³-hybridized carbons (Fsp3) is 0.100. The SMILES string of the molecule is O=C(CN(c1ccccc1F)S(=O)(=O)c1ccccc1)NCc1ccncc1. The van der Waals surface area contributed by atoms with E-state index in [0.29, 0.717) is 0 Å². The van der Waals surface area contributed by atoms with Crippen molar-refractivity contribution in [3.8, 4) is 0 Å². The van der Waals surface area contributed by atoms with Crippen molar-refractivity contribution in [2.75, 3.05) is 10.8 Å². The number of nitrogens with zero attached hydrogens (tertiary/aromatic N) is 2. The monoisotopic (exact) mass is 399 g/mol. The van der Waals surface area contributed by atoms with Gasteiger partial charge in [0.1, 0.15) is 12.4 Å². The Balaban J connectivity index is 1.87. The zero-order valence-corrected chi connectivity index (χ0v) is 15.6. The molecule has 0 spiro atoms. The third-order valence-electron chi connectivity index (χ3n) is 3.98. The molecule has 1 heterocycles. The van der Waals surface area contributed by atoms with E-state index >= 15 is 0 Å². The molecule has 1 N–H and O–H groups in total. The largest absolute Gasteiger partial charge is 0.350 e. The van der Waals surface area contributed by atoms with Gasteiger partial charge in [0.2, 0.25) is 5.91 Å². The van der Waals surface area contributed by atoms with Gasteiger partial charge in [0, 0.05) is 18.9 Å². The van der Waals surface area contributed by atoms with Crippen LogP contribution in [0.1, 0.15) is 5.56 Å². The van der Waals surface area contributed by atoms with Crippen LogP contribution in [-0.2, 0) is 21.4 Å². The summed E-state index contributed by atoms with van der Waals surface area (Å²) in [5.41, 5.74) is 0.622. The first-order valence-corrected chi connectivity index (χ1v) is 9.90.